The molecule has 5 aliphatic carbocycles. The molecule has 1 saturated heterocycles. The van der Waals surface area contributed by atoms with E-state index in [1.165, 1.54) is 21.1 Å². The zero-order valence-corrected chi connectivity index (χ0v) is 29.4. The van der Waals surface area contributed by atoms with Crippen LogP contribution in [0.3, 0.4) is 0 Å². The fourth-order valence-corrected chi connectivity index (χ4v) is 12.7. The molecular formula is C36H51NO11. The average molecular weight is 674 g/mol. The summed E-state index contributed by atoms with van der Waals surface area (Å²) in [6.07, 6.45) is -0.0408. The smallest absolute Gasteiger partial charge is 0.338 e. The number of nitrogens with zero attached hydrogens (tertiary/aromatic N) is 1. The Bertz CT molecular complexity index is 1440. The van der Waals surface area contributed by atoms with Gasteiger partial charge in [-0.25, -0.2) is 4.79 Å². The summed E-state index contributed by atoms with van der Waals surface area (Å²) in [6, 6.07) is 4.76. The molecule has 1 heterocycles. The summed E-state index contributed by atoms with van der Waals surface area (Å²) in [5, 5.41) is 12.9. The number of likely N-dealkylation sites (tertiary alicyclic amines) is 1. The van der Waals surface area contributed by atoms with Gasteiger partial charge in [-0.05, 0) is 49.9 Å². The number of esters is 2. The van der Waals surface area contributed by atoms with Crippen molar-refractivity contribution in [2.75, 3.05) is 62.4 Å². The molecule has 13 atom stereocenters. The Labute approximate surface area is 282 Å². The highest BCUT2D eigenvalue weighted by molar-refractivity contribution is 5.90. The van der Waals surface area contributed by atoms with Crippen LogP contribution in [0.25, 0.3) is 0 Å². The van der Waals surface area contributed by atoms with Gasteiger partial charge in [0.25, 0.3) is 0 Å². The molecule has 1 N–H and O–H groups in total. The van der Waals surface area contributed by atoms with Gasteiger partial charge >= 0.3 is 11.9 Å². The molecule has 0 unspecified atom stereocenters. The van der Waals surface area contributed by atoms with E-state index in [0.29, 0.717) is 24.5 Å². The standard InChI is InChI=1S/C36H51NO11/c1-9-37-17-33(18-41-3)13-12-24(44-6)36-21-15-34(40)25(45-7)16-35(48-19(2)38,27(30(36)37)28(46-8)29(33)36)26(21)31(34)47-32(39)20-10-11-22(42-4)23(14-20)43-5/h10-11,14,21,24-31,40H,9,12-13,15-18H2,1-8H3/t21-,24+,25+,26-,27+,28+,29-,30+,31-,33+,34+,35-,36+/m1/s1. The zero-order valence-electron chi connectivity index (χ0n) is 29.4. The van der Waals surface area contributed by atoms with Gasteiger partial charge in [0.05, 0.1) is 44.7 Å². The van der Waals surface area contributed by atoms with Crippen molar-refractivity contribution in [1.82, 2.24) is 4.90 Å². The summed E-state index contributed by atoms with van der Waals surface area (Å²) < 4.78 is 49.2. The fourth-order valence-electron chi connectivity index (χ4n) is 12.7. The number of hydrogen-bond donors (Lipinski definition) is 1. The first-order chi connectivity index (χ1) is 23.0. The van der Waals surface area contributed by atoms with Gasteiger partial charge in [-0.2, -0.15) is 0 Å². The molecule has 7 bridgehead atoms. The average Bonchev–Trinajstić information content (AvgIpc) is 3.45. The monoisotopic (exact) mass is 673 g/mol. The number of carbonyl (C=O) groups is 2. The van der Waals surface area contributed by atoms with E-state index in [1.54, 1.807) is 46.6 Å². The third kappa shape index (κ3) is 4.10. The quantitative estimate of drug-likeness (QED) is 0.347. The summed E-state index contributed by atoms with van der Waals surface area (Å²) in [5.41, 5.74) is -3.23. The molecule has 48 heavy (non-hydrogen) atoms. The van der Waals surface area contributed by atoms with Gasteiger partial charge in [0.2, 0.25) is 0 Å². The molecule has 7 rings (SSSR count). The SMILES string of the molecule is CCN1C[C@]2(COC)CC[C@H](OC)[C@@]34[C@@H]5C[C@]6(O)[C@@H](OC)C[C@@](OC(C)=O)([C@H]5[C@H]6OC(=O)c5ccc(OC)c(OC)c5)[C@@H]([C@H](OC)[C@H]23)[C@H]14. The third-order valence-corrected chi connectivity index (χ3v) is 13.6. The van der Waals surface area contributed by atoms with E-state index in [-0.39, 0.29) is 53.4 Å². The van der Waals surface area contributed by atoms with Gasteiger partial charge in [-0.1, -0.05) is 6.92 Å². The molecule has 0 radical (unpaired) electrons. The Kier molecular flexibility index (Phi) is 8.36. The van der Waals surface area contributed by atoms with E-state index in [9.17, 15) is 14.7 Å². The first-order valence-electron chi connectivity index (χ1n) is 17.2. The van der Waals surface area contributed by atoms with Gasteiger partial charge in [0.1, 0.15) is 17.3 Å². The van der Waals surface area contributed by atoms with E-state index >= 15 is 0 Å². The molecule has 5 saturated carbocycles. The van der Waals surface area contributed by atoms with Crippen molar-refractivity contribution in [1.29, 1.82) is 0 Å². The van der Waals surface area contributed by atoms with E-state index in [4.69, 9.17) is 37.9 Å². The maximum absolute atomic E-state index is 14.1. The Balaban J connectivity index is 1.45. The van der Waals surface area contributed by atoms with Crippen molar-refractivity contribution >= 4 is 11.9 Å². The number of benzene rings is 1. The topological polar surface area (TPSA) is 131 Å². The number of hydrogen-bond acceptors (Lipinski definition) is 12. The number of piperidine rings is 1. The van der Waals surface area contributed by atoms with Crippen LogP contribution in [0.2, 0.25) is 0 Å². The lowest BCUT2D eigenvalue weighted by molar-refractivity contribution is -0.287. The molecule has 1 aromatic rings. The number of ether oxygens (including phenoxy) is 8. The lowest BCUT2D eigenvalue weighted by Gasteiger charge is -2.69. The largest absolute Gasteiger partial charge is 0.493 e. The lowest BCUT2D eigenvalue weighted by atomic mass is 9.43. The molecule has 0 amide bonds. The number of methoxy groups -OCH3 is 6. The van der Waals surface area contributed by atoms with Crippen molar-refractivity contribution in [3.8, 4) is 11.5 Å². The van der Waals surface area contributed by atoms with Crippen LogP contribution in [0, 0.1) is 34.5 Å². The minimum atomic E-state index is -1.55. The highest BCUT2D eigenvalue weighted by Gasteiger charge is 2.89. The van der Waals surface area contributed by atoms with E-state index in [1.807, 2.05) is 0 Å². The summed E-state index contributed by atoms with van der Waals surface area (Å²) in [6.45, 7) is 5.75. The zero-order chi connectivity index (χ0) is 34.4. The van der Waals surface area contributed by atoms with E-state index in [2.05, 4.69) is 11.8 Å². The summed E-state index contributed by atoms with van der Waals surface area (Å²) in [7, 11) is 9.88. The molecule has 1 aliphatic heterocycles. The number of carbonyl (C=O) groups excluding carboxylic acids is 2. The normalized spacial score (nSPS) is 45.1. The van der Waals surface area contributed by atoms with Gasteiger partial charge in [-0.3, -0.25) is 9.69 Å². The molecule has 6 aliphatic rings. The molecule has 0 aromatic heterocycles. The molecule has 6 fully saturated rings. The van der Waals surface area contributed by atoms with Crippen molar-refractivity contribution < 1.29 is 52.6 Å². The van der Waals surface area contributed by atoms with Crippen LogP contribution in [0.15, 0.2) is 18.2 Å². The summed E-state index contributed by atoms with van der Waals surface area (Å²) in [4.78, 5) is 29.9. The second-order valence-electron chi connectivity index (χ2n) is 15.0. The Morgan fingerprint density at radius 1 is 0.958 bits per heavy atom. The molecule has 1 spiro atoms. The van der Waals surface area contributed by atoms with E-state index in [0.717, 1.165) is 25.9 Å². The van der Waals surface area contributed by atoms with Gasteiger partial charge in [0.15, 0.2) is 11.5 Å². The van der Waals surface area contributed by atoms with Gasteiger partial charge in [0, 0.05) is 83.0 Å². The second-order valence-corrected chi connectivity index (χ2v) is 15.0. The Morgan fingerprint density at radius 3 is 2.29 bits per heavy atom. The maximum atomic E-state index is 14.1. The number of rotatable bonds is 11. The van der Waals surface area contributed by atoms with Crippen LogP contribution in [0.4, 0.5) is 0 Å². The minimum Gasteiger partial charge on any atom is -0.493 e. The number of fused-ring (bicyclic) bond motifs is 2. The Morgan fingerprint density at radius 2 is 1.69 bits per heavy atom. The first kappa shape index (κ1) is 34.0. The molecule has 1 aromatic carbocycles. The van der Waals surface area contributed by atoms with Crippen LogP contribution in [-0.4, -0.2) is 126 Å². The van der Waals surface area contributed by atoms with E-state index < -0.39 is 46.7 Å². The molecule has 12 nitrogen and oxygen atoms in total. The highest BCUT2D eigenvalue weighted by atomic mass is 16.6. The Hall–Kier alpha value is -2.48. The van der Waals surface area contributed by atoms with Crippen molar-refractivity contribution in [2.24, 2.45) is 34.5 Å². The first-order valence-corrected chi connectivity index (χ1v) is 17.2. The van der Waals surface area contributed by atoms with Crippen molar-refractivity contribution in [2.45, 2.75) is 81.2 Å². The van der Waals surface area contributed by atoms with Crippen LogP contribution < -0.4 is 9.47 Å². The predicted molar refractivity (Wildman–Crippen MR) is 171 cm³/mol. The maximum Gasteiger partial charge on any atom is 0.338 e. The summed E-state index contributed by atoms with van der Waals surface area (Å²) in [5.74, 6) is -1.32. The second kappa shape index (κ2) is 11.8. The third-order valence-electron chi connectivity index (χ3n) is 13.6. The lowest BCUT2D eigenvalue weighted by Crippen LogP contribution is -2.77. The van der Waals surface area contributed by atoms with Gasteiger partial charge < -0.3 is 43.0 Å². The molecule has 12 heteroatoms. The van der Waals surface area contributed by atoms with Crippen LogP contribution in [0.1, 0.15) is 49.9 Å². The molecular weight excluding hydrogens is 622 g/mol. The predicted octanol–water partition coefficient (Wildman–Crippen LogP) is 2.72. The van der Waals surface area contributed by atoms with Crippen LogP contribution >= 0.6 is 0 Å². The molecule has 266 valence electrons. The fraction of sp³-hybridized carbons (Fsp3) is 0.778. The van der Waals surface area contributed by atoms with Crippen molar-refractivity contribution in [3.05, 3.63) is 23.8 Å². The highest BCUT2D eigenvalue weighted by Crippen LogP contribution is 2.80. The van der Waals surface area contributed by atoms with Crippen LogP contribution in [0.5, 0.6) is 11.5 Å². The minimum absolute atomic E-state index is 0.0139. The van der Waals surface area contributed by atoms with Gasteiger partial charge in [-0.15, -0.1) is 0 Å². The van der Waals surface area contributed by atoms with Crippen molar-refractivity contribution in [3.63, 3.8) is 0 Å². The van der Waals surface area contributed by atoms with Crippen LogP contribution in [-0.2, 0) is 33.2 Å². The summed E-state index contributed by atoms with van der Waals surface area (Å²) >= 11 is 0. The number of aliphatic hydroxyl groups is 1.